The highest BCUT2D eigenvalue weighted by Gasteiger charge is 2.14. The third kappa shape index (κ3) is 1.07. The summed E-state index contributed by atoms with van der Waals surface area (Å²) in [6.45, 7) is 0. The number of hydrogen-bond donors (Lipinski definition) is 0. The molecule has 0 amide bonds. The molecule has 2 aromatic rings. The van der Waals surface area contributed by atoms with Crippen LogP contribution in [0, 0.1) is 11.3 Å². The van der Waals surface area contributed by atoms with Crippen LogP contribution in [0.15, 0.2) is 24.3 Å². The Balaban J connectivity index is 2.80. The molecule has 1 aromatic carbocycles. The lowest BCUT2D eigenvalue weighted by molar-refractivity contribution is 0.105. The first kappa shape index (κ1) is 8.45. The van der Waals surface area contributed by atoms with Crippen molar-refractivity contribution in [2.75, 3.05) is 0 Å². The number of carbonyl (C=O) groups is 1. The zero-order valence-electron chi connectivity index (χ0n) is 7.56. The van der Waals surface area contributed by atoms with Crippen LogP contribution < -0.4 is 0 Å². The first-order valence-electron chi connectivity index (χ1n) is 4.10. The van der Waals surface area contributed by atoms with Crippen LogP contribution in [0.25, 0.3) is 10.9 Å². The Morgan fingerprint density at radius 2 is 2.21 bits per heavy atom. The van der Waals surface area contributed by atoms with Crippen LogP contribution >= 0.6 is 0 Å². The number of aromatic nitrogens is 2. The van der Waals surface area contributed by atoms with E-state index in [2.05, 4.69) is 5.10 Å². The van der Waals surface area contributed by atoms with Crippen molar-refractivity contribution in [2.24, 2.45) is 7.05 Å². The molecule has 0 aliphatic carbocycles. The third-order valence-corrected chi connectivity index (χ3v) is 2.07. The Hall–Kier alpha value is -2.15. The van der Waals surface area contributed by atoms with Gasteiger partial charge >= 0.3 is 0 Å². The third-order valence-electron chi connectivity index (χ3n) is 2.07. The normalized spacial score (nSPS) is 10.0. The van der Waals surface area contributed by atoms with Gasteiger partial charge in [0.25, 0.3) is 5.78 Å². The van der Waals surface area contributed by atoms with E-state index in [1.54, 1.807) is 23.9 Å². The van der Waals surface area contributed by atoms with Crippen LogP contribution in [0.1, 0.15) is 10.5 Å². The maximum atomic E-state index is 11.2. The highest BCUT2D eigenvalue weighted by atomic mass is 16.1. The lowest BCUT2D eigenvalue weighted by atomic mass is 10.2. The number of nitriles is 1. The molecular weight excluding hydrogens is 178 g/mol. The number of ketones is 1. The Morgan fingerprint density at radius 3 is 2.93 bits per heavy atom. The molecular formula is C10H7N3O. The SMILES string of the molecule is Cn1nc(C(=O)C#N)c2ccccc21. The molecule has 0 saturated heterocycles. The number of benzene rings is 1. The average Bonchev–Trinajstić information content (AvgIpc) is 2.56. The van der Waals surface area contributed by atoms with Crippen molar-refractivity contribution in [1.82, 2.24) is 9.78 Å². The van der Waals surface area contributed by atoms with Gasteiger partial charge in [0, 0.05) is 12.4 Å². The van der Waals surface area contributed by atoms with E-state index >= 15 is 0 Å². The van der Waals surface area contributed by atoms with Gasteiger partial charge in [0.15, 0.2) is 5.69 Å². The maximum Gasteiger partial charge on any atom is 0.282 e. The maximum absolute atomic E-state index is 11.2. The van der Waals surface area contributed by atoms with Crippen LogP contribution in [0.3, 0.4) is 0 Å². The summed E-state index contributed by atoms with van der Waals surface area (Å²) in [5, 5.41) is 13.2. The van der Waals surface area contributed by atoms with Gasteiger partial charge in [-0.25, -0.2) is 0 Å². The van der Waals surface area contributed by atoms with Crippen molar-refractivity contribution in [3.05, 3.63) is 30.0 Å². The summed E-state index contributed by atoms with van der Waals surface area (Å²) in [6, 6.07) is 8.90. The minimum Gasteiger partial charge on any atom is -0.275 e. The van der Waals surface area contributed by atoms with Gasteiger partial charge in [0.1, 0.15) is 6.07 Å². The van der Waals surface area contributed by atoms with E-state index in [9.17, 15) is 4.79 Å². The predicted molar refractivity (Wildman–Crippen MR) is 50.7 cm³/mol. The Labute approximate surface area is 80.4 Å². The van der Waals surface area contributed by atoms with Crippen LogP contribution in [0.5, 0.6) is 0 Å². The summed E-state index contributed by atoms with van der Waals surface area (Å²) in [7, 11) is 1.75. The van der Waals surface area contributed by atoms with Crippen LogP contribution in [0.2, 0.25) is 0 Å². The first-order chi connectivity index (χ1) is 6.74. The quantitative estimate of drug-likeness (QED) is 0.496. The number of nitrogens with zero attached hydrogens (tertiary/aromatic N) is 3. The highest BCUT2D eigenvalue weighted by molar-refractivity contribution is 6.13. The van der Waals surface area contributed by atoms with E-state index in [0.717, 1.165) is 10.9 Å². The molecule has 4 nitrogen and oxygen atoms in total. The number of para-hydroxylation sites is 1. The van der Waals surface area contributed by atoms with Gasteiger partial charge in [-0.3, -0.25) is 9.48 Å². The fourth-order valence-electron chi connectivity index (χ4n) is 1.43. The summed E-state index contributed by atoms with van der Waals surface area (Å²) in [5.74, 6) is -0.596. The topological polar surface area (TPSA) is 58.7 Å². The number of carbonyl (C=O) groups excluding carboxylic acids is 1. The number of rotatable bonds is 1. The number of Topliss-reactive ketones (excluding diaryl/α,β-unsaturated/α-hetero) is 1. The van der Waals surface area contributed by atoms with Crippen molar-refractivity contribution >= 4 is 16.7 Å². The molecule has 4 heteroatoms. The largest absolute Gasteiger partial charge is 0.282 e. The van der Waals surface area contributed by atoms with E-state index in [1.165, 1.54) is 0 Å². The lowest BCUT2D eigenvalue weighted by Crippen LogP contribution is -1.97. The second kappa shape index (κ2) is 2.96. The van der Waals surface area contributed by atoms with Crippen molar-refractivity contribution in [2.45, 2.75) is 0 Å². The van der Waals surface area contributed by atoms with Crippen molar-refractivity contribution in [3.8, 4) is 6.07 Å². The molecule has 0 radical (unpaired) electrons. The minimum atomic E-state index is -0.596. The van der Waals surface area contributed by atoms with E-state index < -0.39 is 5.78 Å². The van der Waals surface area contributed by atoms with Crippen molar-refractivity contribution in [3.63, 3.8) is 0 Å². The molecule has 0 saturated carbocycles. The minimum absolute atomic E-state index is 0.227. The van der Waals surface area contributed by atoms with Gasteiger partial charge in [0.2, 0.25) is 0 Å². The molecule has 14 heavy (non-hydrogen) atoms. The smallest absolute Gasteiger partial charge is 0.275 e. The molecule has 0 N–H and O–H groups in total. The highest BCUT2D eigenvalue weighted by Crippen LogP contribution is 2.17. The molecule has 1 aromatic heterocycles. The van der Waals surface area contributed by atoms with Gasteiger partial charge in [-0.05, 0) is 6.07 Å². The summed E-state index contributed by atoms with van der Waals surface area (Å²) in [5.41, 5.74) is 1.08. The van der Waals surface area contributed by atoms with E-state index in [-0.39, 0.29) is 5.69 Å². The first-order valence-corrected chi connectivity index (χ1v) is 4.10. The lowest BCUT2D eigenvalue weighted by Gasteiger charge is -1.90. The predicted octanol–water partition coefficient (Wildman–Crippen LogP) is 1.28. The standard InChI is InChI=1S/C10H7N3O/c1-13-8-5-3-2-4-7(8)10(12-13)9(14)6-11/h2-5H,1H3. The summed E-state index contributed by atoms with van der Waals surface area (Å²) in [6.07, 6.45) is 0. The summed E-state index contributed by atoms with van der Waals surface area (Å²) >= 11 is 0. The molecule has 0 unspecified atom stereocenters. The van der Waals surface area contributed by atoms with Gasteiger partial charge in [-0.1, -0.05) is 18.2 Å². The van der Waals surface area contributed by atoms with Gasteiger partial charge in [-0.15, -0.1) is 0 Å². The second-order valence-electron chi connectivity index (χ2n) is 2.93. The number of aryl methyl sites for hydroxylation is 1. The monoisotopic (exact) mass is 185 g/mol. The van der Waals surface area contributed by atoms with Gasteiger partial charge in [-0.2, -0.15) is 10.4 Å². The van der Waals surface area contributed by atoms with E-state index in [4.69, 9.17) is 5.26 Å². The molecule has 2 rings (SSSR count). The molecule has 0 atom stereocenters. The Bertz CT molecular complexity index is 548. The zero-order valence-corrected chi connectivity index (χ0v) is 7.56. The van der Waals surface area contributed by atoms with Crippen molar-refractivity contribution in [1.29, 1.82) is 5.26 Å². The second-order valence-corrected chi connectivity index (χ2v) is 2.93. The summed E-state index contributed by atoms with van der Waals surface area (Å²) < 4.78 is 1.60. The molecule has 0 bridgehead atoms. The fourth-order valence-corrected chi connectivity index (χ4v) is 1.43. The molecule has 0 aliphatic heterocycles. The summed E-state index contributed by atoms with van der Waals surface area (Å²) in [4.78, 5) is 11.2. The average molecular weight is 185 g/mol. The van der Waals surface area contributed by atoms with Crippen LogP contribution in [-0.2, 0) is 7.05 Å². The fraction of sp³-hybridized carbons (Fsp3) is 0.100. The van der Waals surface area contributed by atoms with Crippen LogP contribution in [0.4, 0.5) is 0 Å². The molecule has 68 valence electrons. The molecule has 0 aliphatic rings. The van der Waals surface area contributed by atoms with Gasteiger partial charge < -0.3 is 0 Å². The zero-order chi connectivity index (χ0) is 10.1. The molecule has 0 fully saturated rings. The molecule has 1 heterocycles. The molecule has 0 spiro atoms. The van der Waals surface area contributed by atoms with Gasteiger partial charge in [0.05, 0.1) is 5.52 Å². The van der Waals surface area contributed by atoms with Crippen molar-refractivity contribution < 1.29 is 4.79 Å². The number of hydrogen-bond acceptors (Lipinski definition) is 3. The Morgan fingerprint density at radius 1 is 1.50 bits per heavy atom. The van der Waals surface area contributed by atoms with E-state index in [1.807, 2.05) is 18.2 Å². The Kier molecular flexibility index (Phi) is 1.79. The van der Waals surface area contributed by atoms with Crippen LogP contribution in [-0.4, -0.2) is 15.6 Å². The number of fused-ring (bicyclic) bond motifs is 1. The van der Waals surface area contributed by atoms with E-state index in [0.29, 0.717) is 0 Å².